The summed E-state index contributed by atoms with van der Waals surface area (Å²) >= 11 is 0. The van der Waals surface area contributed by atoms with E-state index in [1.54, 1.807) is 0 Å². The topological polar surface area (TPSA) is 40.5 Å². The molecule has 1 N–H and O–H groups in total. The van der Waals surface area contributed by atoms with E-state index in [0.29, 0.717) is 6.04 Å². The fraction of sp³-hybridized carbons (Fsp3) is 0.909. The fourth-order valence-electron chi connectivity index (χ4n) is 3.15. The molecule has 0 spiro atoms. The molecular formula is C11H19NO2. The van der Waals surface area contributed by atoms with Gasteiger partial charge in [-0.25, -0.2) is 0 Å². The highest BCUT2D eigenvalue weighted by atomic mass is 16.4. The van der Waals surface area contributed by atoms with E-state index in [1.807, 2.05) is 0 Å². The molecule has 1 aliphatic carbocycles. The molecular weight excluding hydrogens is 178 g/mol. The van der Waals surface area contributed by atoms with Gasteiger partial charge in [0.2, 0.25) is 0 Å². The number of nitrogens with zero attached hydrogens (tertiary/aromatic N) is 1. The maximum atomic E-state index is 11.4. The van der Waals surface area contributed by atoms with Gasteiger partial charge in [-0.2, -0.15) is 0 Å². The number of carbonyl (C=O) groups is 1. The molecule has 3 heteroatoms. The summed E-state index contributed by atoms with van der Waals surface area (Å²) in [6.45, 7) is 3.14. The van der Waals surface area contributed by atoms with Crippen LogP contribution in [-0.4, -0.2) is 34.1 Å². The van der Waals surface area contributed by atoms with Crippen LogP contribution < -0.4 is 0 Å². The minimum Gasteiger partial charge on any atom is -0.480 e. The Morgan fingerprint density at radius 3 is 2.43 bits per heavy atom. The second kappa shape index (κ2) is 3.54. The number of carboxylic acid groups (broad SMARTS) is 1. The molecule has 2 aliphatic rings. The highest BCUT2D eigenvalue weighted by Crippen LogP contribution is 2.39. The number of aliphatic carboxylic acids is 1. The van der Waals surface area contributed by atoms with Crippen molar-refractivity contribution in [1.29, 1.82) is 0 Å². The normalized spacial score (nSPS) is 32.2. The van der Waals surface area contributed by atoms with Gasteiger partial charge in [0.25, 0.3) is 0 Å². The van der Waals surface area contributed by atoms with Gasteiger partial charge in [-0.1, -0.05) is 12.8 Å². The maximum Gasteiger partial charge on any atom is 0.324 e. The first-order chi connectivity index (χ1) is 6.67. The number of hydrogen-bond donors (Lipinski definition) is 1. The van der Waals surface area contributed by atoms with Crippen LogP contribution in [0.3, 0.4) is 0 Å². The molecule has 0 amide bonds. The van der Waals surface area contributed by atoms with Gasteiger partial charge in [0.1, 0.15) is 5.54 Å². The zero-order chi connectivity index (χ0) is 10.2. The Hall–Kier alpha value is -0.570. The van der Waals surface area contributed by atoms with E-state index < -0.39 is 11.5 Å². The summed E-state index contributed by atoms with van der Waals surface area (Å²) in [6, 6.07) is 0.462. The van der Waals surface area contributed by atoms with Crippen molar-refractivity contribution in [2.24, 2.45) is 0 Å². The third kappa shape index (κ3) is 1.34. The molecule has 0 aromatic heterocycles. The highest BCUT2D eigenvalue weighted by molar-refractivity contribution is 5.79. The Morgan fingerprint density at radius 1 is 1.36 bits per heavy atom. The van der Waals surface area contributed by atoms with Gasteiger partial charge in [0.05, 0.1) is 0 Å². The monoisotopic (exact) mass is 197 g/mol. The van der Waals surface area contributed by atoms with Crippen molar-refractivity contribution in [3.8, 4) is 0 Å². The molecule has 0 radical (unpaired) electrons. The molecule has 1 unspecified atom stereocenters. The molecule has 2 fully saturated rings. The van der Waals surface area contributed by atoms with Crippen molar-refractivity contribution in [2.75, 3.05) is 6.54 Å². The Balaban J connectivity index is 2.21. The molecule has 3 nitrogen and oxygen atoms in total. The van der Waals surface area contributed by atoms with E-state index in [0.717, 1.165) is 45.1 Å². The van der Waals surface area contributed by atoms with Gasteiger partial charge in [0, 0.05) is 6.04 Å². The van der Waals surface area contributed by atoms with Crippen LogP contribution in [0.2, 0.25) is 0 Å². The quantitative estimate of drug-likeness (QED) is 0.734. The van der Waals surface area contributed by atoms with Crippen LogP contribution in [0.4, 0.5) is 0 Å². The van der Waals surface area contributed by atoms with Crippen molar-refractivity contribution >= 4 is 5.97 Å². The summed E-state index contributed by atoms with van der Waals surface area (Å²) < 4.78 is 0. The molecule has 2 rings (SSSR count). The lowest BCUT2D eigenvalue weighted by Gasteiger charge is -2.37. The number of likely N-dealkylation sites (tertiary alicyclic amines) is 1. The third-order valence-electron chi connectivity index (χ3n) is 3.93. The predicted octanol–water partition coefficient (Wildman–Crippen LogP) is 1.87. The van der Waals surface area contributed by atoms with E-state index in [-0.39, 0.29) is 0 Å². The summed E-state index contributed by atoms with van der Waals surface area (Å²) in [6.07, 6.45) is 6.19. The molecule has 0 aromatic carbocycles. The van der Waals surface area contributed by atoms with Crippen molar-refractivity contribution in [3.63, 3.8) is 0 Å². The van der Waals surface area contributed by atoms with Crippen molar-refractivity contribution in [2.45, 2.75) is 57.0 Å². The van der Waals surface area contributed by atoms with E-state index in [9.17, 15) is 9.90 Å². The lowest BCUT2D eigenvalue weighted by molar-refractivity contribution is -0.152. The molecule has 14 heavy (non-hydrogen) atoms. The Labute approximate surface area is 85.1 Å². The molecule has 1 heterocycles. The average Bonchev–Trinajstić information content (AvgIpc) is 2.72. The summed E-state index contributed by atoms with van der Waals surface area (Å²) in [4.78, 5) is 13.7. The van der Waals surface area contributed by atoms with Crippen LogP contribution in [0.1, 0.15) is 45.4 Å². The number of rotatable bonds is 2. The molecule has 1 saturated carbocycles. The van der Waals surface area contributed by atoms with Crippen molar-refractivity contribution in [1.82, 2.24) is 4.90 Å². The van der Waals surface area contributed by atoms with E-state index >= 15 is 0 Å². The molecule has 1 saturated heterocycles. The van der Waals surface area contributed by atoms with Crippen LogP contribution in [0.15, 0.2) is 0 Å². The van der Waals surface area contributed by atoms with E-state index in [2.05, 4.69) is 11.8 Å². The zero-order valence-electron chi connectivity index (χ0n) is 8.83. The maximum absolute atomic E-state index is 11.4. The lowest BCUT2D eigenvalue weighted by Crippen LogP contribution is -2.54. The first-order valence-electron chi connectivity index (χ1n) is 5.67. The van der Waals surface area contributed by atoms with Gasteiger partial charge in [0.15, 0.2) is 0 Å². The minimum atomic E-state index is -0.594. The van der Waals surface area contributed by atoms with E-state index in [4.69, 9.17) is 0 Å². The molecule has 0 bridgehead atoms. The summed E-state index contributed by atoms with van der Waals surface area (Å²) in [5, 5.41) is 9.40. The van der Waals surface area contributed by atoms with Crippen LogP contribution in [0, 0.1) is 0 Å². The van der Waals surface area contributed by atoms with Gasteiger partial charge < -0.3 is 5.11 Å². The van der Waals surface area contributed by atoms with Crippen molar-refractivity contribution in [3.05, 3.63) is 0 Å². The first-order valence-corrected chi connectivity index (χ1v) is 5.67. The summed E-state index contributed by atoms with van der Waals surface area (Å²) in [7, 11) is 0. The van der Waals surface area contributed by atoms with E-state index in [1.165, 1.54) is 0 Å². The van der Waals surface area contributed by atoms with Crippen molar-refractivity contribution < 1.29 is 9.90 Å². The largest absolute Gasteiger partial charge is 0.480 e. The van der Waals surface area contributed by atoms with Gasteiger partial charge in [-0.3, -0.25) is 9.69 Å². The lowest BCUT2D eigenvalue weighted by atomic mass is 9.94. The summed E-state index contributed by atoms with van der Waals surface area (Å²) in [5.41, 5.74) is -0.504. The minimum absolute atomic E-state index is 0.462. The SMILES string of the molecule is CC1CCCN1C1(C(=O)O)CCCC1. The molecule has 80 valence electrons. The average molecular weight is 197 g/mol. The molecule has 0 aromatic rings. The Morgan fingerprint density at radius 2 is 2.00 bits per heavy atom. The number of hydrogen-bond acceptors (Lipinski definition) is 2. The Bertz CT molecular complexity index is 233. The van der Waals surface area contributed by atoms with Gasteiger partial charge >= 0.3 is 5.97 Å². The van der Waals surface area contributed by atoms with Crippen LogP contribution in [0.25, 0.3) is 0 Å². The predicted molar refractivity (Wildman–Crippen MR) is 54.2 cm³/mol. The van der Waals surface area contributed by atoms with Gasteiger partial charge in [-0.15, -0.1) is 0 Å². The smallest absolute Gasteiger partial charge is 0.324 e. The Kier molecular flexibility index (Phi) is 2.52. The van der Waals surface area contributed by atoms with Gasteiger partial charge in [-0.05, 0) is 39.2 Å². The standard InChI is InChI=1S/C11H19NO2/c1-9-5-4-8-12(9)11(10(13)14)6-2-3-7-11/h9H,2-8H2,1H3,(H,13,14). The first kappa shape index (κ1) is 9.97. The van der Waals surface area contributed by atoms with Crippen LogP contribution >= 0.6 is 0 Å². The van der Waals surface area contributed by atoms with Crippen LogP contribution in [0.5, 0.6) is 0 Å². The second-order valence-corrected chi connectivity index (χ2v) is 4.73. The number of carboxylic acids is 1. The third-order valence-corrected chi connectivity index (χ3v) is 3.93. The second-order valence-electron chi connectivity index (χ2n) is 4.73. The summed E-state index contributed by atoms with van der Waals surface area (Å²) in [5.74, 6) is -0.594. The zero-order valence-corrected chi connectivity index (χ0v) is 8.83. The van der Waals surface area contributed by atoms with Crippen LogP contribution in [-0.2, 0) is 4.79 Å². The fourth-order valence-corrected chi connectivity index (χ4v) is 3.15. The molecule has 1 aliphatic heterocycles. The molecule has 1 atom stereocenters. The highest BCUT2D eigenvalue weighted by Gasteiger charge is 2.49.